The van der Waals surface area contributed by atoms with Crippen molar-refractivity contribution in [3.05, 3.63) is 93.0 Å². The molecule has 0 aromatic heterocycles. The van der Waals surface area contributed by atoms with Crippen LogP contribution < -0.4 is 9.64 Å². The van der Waals surface area contributed by atoms with Gasteiger partial charge >= 0.3 is 0 Å². The van der Waals surface area contributed by atoms with Crippen LogP contribution in [0.3, 0.4) is 0 Å². The number of methoxy groups -OCH3 is 1. The van der Waals surface area contributed by atoms with Crippen LogP contribution in [-0.4, -0.2) is 29.0 Å². The standard InChI is InChI=1S/C25H19Cl2NO5/c1-13-9-15(5-8-20(13)33-2)23(30)21-22(14-3-6-19(29)7-4-14)28(25(32)24(21)31)18-11-16(26)10-17(27)12-18/h3-12,22,29-30H,1-2H3/b23-21+. The Bertz CT molecular complexity index is 1280. The molecular formula is C25H19Cl2NO5. The van der Waals surface area contributed by atoms with E-state index in [-0.39, 0.29) is 27.1 Å². The number of carbonyl (C=O) groups is 2. The minimum Gasteiger partial charge on any atom is -0.508 e. The van der Waals surface area contributed by atoms with Crippen molar-refractivity contribution < 1.29 is 24.5 Å². The van der Waals surface area contributed by atoms with E-state index in [1.54, 1.807) is 37.3 Å². The molecular weight excluding hydrogens is 465 g/mol. The van der Waals surface area contributed by atoms with E-state index in [0.717, 1.165) is 5.56 Å². The van der Waals surface area contributed by atoms with Crippen molar-refractivity contribution >= 4 is 46.3 Å². The second-order valence-electron chi connectivity index (χ2n) is 7.57. The lowest BCUT2D eigenvalue weighted by Crippen LogP contribution is -2.29. The zero-order chi connectivity index (χ0) is 23.9. The largest absolute Gasteiger partial charge is 0.508 e. The van der Waals surface area contributed by atoms with Gasteiger partial charge in [-0.15, -0.1) is 0 Å². The molecule has 33 heavy (non-hydrogen) atoms. The number of aryl methyl sites for hydroxylation is 1. The Morgan fingerprint density at radius 2 is 1.61 bits per heavy atom. The number of aromatic hydroxyl groups is 1. The molecule has 1 heterocycles. The molecule has 1 saturated heterocycles. The summed E-state index contributed by atoms with van der Waals surface area (Å²) in [6.07, 6.45) is 0. The van der Waals surface area contributed by atoms with Gasteiger partial charge in [0.05, 0.1) is 18.7 Å². The van der Waals surface area contributed by atoms with Crippen molar-refractivity contribution in [3.63, 3.8) is 0 Å². The number of carbonyl (C=O) groups excluding carboxylic acids is 2. The van der Waals surface area contributed by atoms with E-state index in [2.05, 4.69) is 0 Å². The fraction of sp³-hybridized carbons (Fsp3) is 0.120. The number of ether oxygens (including phenoxy) is 1. The molecule has 0 aliphatic carbocycles. The molecule has 1 unspecified atom stereocenters. The second kappa shape index (κ2) is 8.81. The fourth-order valence-corrected chi connectivity index (χ4v) is 4.44. The van der Waals surface area contributed by atoms with Crippen molar-refractivity contribution in [1.29, 1.82) is 0 Å². The first-order chi connectivity index (χ1) is 15.7. The van der Waals surface area contributed by atoms with Crippen LogP contribution >= 0.6 is 23.2 Å². The number of ketones is 1. The van der Waals surface area contributed by atoms with Gasteiger partial charge in [0.2, 0.25) is 0 Å². The van der Waals surface area contributed by atoms with E-state index in [1.165, 1.54) is 42.3 Å². The molecule has 8 heteroatoms. The summed E-state index contributed by atoms with van der Waals surface area (Å²) >= 11 is 12.3. The maximum Gasteiger partial charge on any atom is 0.300 e. The highest BCUT2D eigenvalue weighted by Crippen LogP contribution is 2.43. The summed E-state index contributed by atoms with van der Waals surface area (Å²) in [6.45, 7) is 1.81. The summed E-state index contributed by atoms with van der Waals surface area (Å²) < 4.78 is 5.27. The maximum atomic E-state index is 13.2. The molecule has 1 atom stereocenters. The smallest absolute Gasteiger partial charge is 0.300 e. The Morgan fingerprint density at radius 3 is 2.18 bits per heavy atom. The third-order valence-corrected chi connectivity index (χ3v) is 5.88. The molecule has 1 aliphatic heterocycles. The van der Waals surface area contributed by atoms with Crippen LogP contribution in [-0.2, 0) is 9.59 Å². The van der Waals surface area contributed by atoms with E-state index < -0.39 is 17.7 Å². The SMILES string of the molecule is COc1ccc(/C(O)=C2\C(=O)C(=O)N(c3cc(Cl)cc(Cl)c3)C2c2ccc(O)cc2)cc1C. The molecule has 3 aromatic rings. The lowest BCUT2D eigenvalue weighted by atomic mass is 9.94. The number of hydrogen-bond donors (Lipinski definition) is 2. The van der Waals surface area contributed by atoms with Crippen molar-refractivity contribution in [1.82, 2.24) is 0 Å². The summed E-state index contributed by atoms with van der Waals surface area (Å²) in [5.74, 6) is -1.37. The predicted octanol–water partition coefficient (Wildman–Crippen LogP) is 5.64. The number of aliphatic hydroxyl groups excluding tert-OH is 1. The zero-order valence-corrected chi connectivity index (χ0v) is 19.2. The van der Waals surface area contributed by atoms with Crippen LogP contribution in [0.1, 0.15) is 22.7 Å². The lowest BCUT2D eigenvalue weighted by Gasteiger charge is -2.26. The third-order valence-electron chi connectivity index (χ3n) is 5.45. The number of halogens is 2. The van der Waals surface area contributed by atoms with Gasteiger partial charge in [-0.1, -0.05) is 35.3 Å². The van der Waals surface area contributed by atoms with E-state index in [9.17, 15) is 19.8 Å². The highest BCUT2D eigenvalue weighted by Gasteiger charge is 2.47. The van der Waals surface area contributed by atoms with Crippen molar-refractivity contribution in [2.75, 3.05) is 12.0 Å². The lowest BCUT2D eigenvalue weighted by molar-refractivity contribution is -0.132. The van der Waals surface area contributed by atoms with Crippen LogP contribution in [0.5, 0.6) is 11.5 Å². The first-order valence-electron chi connectivity index (χ1n) is 9.92. The molecule has 1 amide bonds. The molecule has 2 N–H and O–H groups in total. The van der Waals surface area contributed by atoms with Gasteiger partial charge in [-0.25, -0.2) is 0 Å². The van der Waals surface area contributed by atoms with Crippen LogP contribution in [0, 0.1) is 6.92 Å². The fourth-order valence-electron chi connectivity index (χ4n) is 3.93. The van der Waals surface area contributed by atoms with Gasteiger partial charge in [-0.3, -0.25) is 14.5 Å². The van der Waals surface area contributed by atoms with Gasteiger partial charge < -0.3 is 14.9 Å². The number of benzene rings is 3. The maximum absolute atomic E-state index is 13.2. The number of phenols is 1. The van der Waals surface area contributed by atoms with Gasteiger partial charge in [0, 0.05) is 21.3 Å². The Kier molecular flexibility index (Phi) is 6.06. The highest BCUT2D eigenvalue weighted by molar-refractivity contribution is 6.52. The summed E-state index contributed by atoms with van der Waals surface area (Å²) in [4.78, 5) is 27.6. The first kappa shape index (κ1) is 22.7. The molecule has 0 radical (unpaired) electrons. The molecule has 6 nitrogen and oxygen atoms in total. The number of hydrogen-bond acceptors (Lipinski definition) is 5. The van der Waals surface area contributed by atoms with E-state index >= 15 is 0 Å². The molecule has 1 aliphatic rings. The number of Topliss-reactive ketones (excluding diaryl/α,β-unsaturated/α-hetero) is 1. The van der Waals surface area contributed by atoms with Gasteiger partial charge in [-0.2, -0.15) is 0 Å². The summed E-state index contributed by atoms with van der Waals surface area (Å²) in [5, 5.41) is 21.5. The highest BCUT2D eigenvalue weighted by atomic mass is 35.5. The van der Waals surface area contributed by atoms with Crippen molar-refractivity contribution in [2.45, 2.75) is 13.0 Å². The van der Waals surface area contributed by atoms with Crippen LogP contribution in [0.4, 0.5) is 5.69 Å². The summed E-state index contributed by atoms with van der Waals surface area (Å²) in [5.41, 5.74) is 1.83. The van der Waals surface area contributed by atoms with E-state index in [1.807, 2.05) is 0 Å². The number of rotatable bonds is 4. The Balaban J connectivity index is 1.96. The third kappa shape index (κ3) is 4.15. The van der Waals surface area contributed by atoms with Gasteiger partial charge in [0.15, 0.2) is 0 Å². The second-order valence-corrected chi connectivity index (χ2v) is 8.45. The van der Waals surface area contributed by atoms with Crippen molar-refractivity contribution in [2.24, 2.45) is 0 Å². The average molecular weight is 484 g/mol. The Hall–Kier alpha value is -3.48. The van der Waals surface area contributed by atoms with Crippen LogP contribution in [0.2, 0.25) is 10.0 Å². The van der Waals surface area contributed by atoms with Crippen molar-refractivity contribution in [3.8, 4) is 11.5 Å². The van der Waals surface area contributed by atoms with Crippen LogP contribution in [0.25, 0.3) is 5.76 Å². The molecule has 0 spiro atoms. The molecule has 168 valence electrons. The summed E-state index contributed by atoms with van der Waals surface area (Å²) in [6, 6.07) is 14.6. The minimum absolute atomic E-state index is 0.0206. The Labute approximate surface area is 200 Å². The number of nitrogens with zero attached hydrogens (tertiary/aromatic N) is 1. The molecule has 4 rings (SSSR count). The average Bonchev–Trinajstić information content (AvgIpc) is 3.03. The van der Waals surface area contributed by atoms with Gasteiger partial charge in [0.1, 0.15) is 17.3 Å². The van der Waals surface area contributed by atoms with E-state index in [4.69, 9.17) is 27.9 Å². The topological polar surface area (TPSA) is 87.1 Å². The normalized spacial score (nSPS) is 17.5. The summed E-state index contributed by atoms with van der Waals surface area (Å²) in [7, 11) is 1.54. The number of aliphatic hydroxyl groups is 1. The van der Waals surface area contributed by atoms with Gasteiger partial charge in [0.25, 0.3) is 11.7 Å². The Morgan fingerprint density at radius 1 is 0.970 bits per heavy atom. The predicted molar refractivity (Wildman–Crippen MR) is 127 cm³/mol. The minimum atomic E-state index is -0.970. The van der Waals surface area contributed by atoms with Gasteiger partial charge in [-0.05, 0) is 66.6 Å². The number of amides is 1. The first-order valence-corrected chi connectivity index (χ1v) is 10.7. The quantitative estimate of drug-likeness (QED) is 0.284. The monoisotopic (exact) mass is 483 g/mol. The molecule has 0 bridgehead atoms. The number of phenolic OH excluding ortho intramolecular Hbond substituents is 1. The molecule has 1 fully saturated rings. The number of anilines is 1. The zero-order valence-electron chi connectivity index (χ0n) is 17.7. The molecule has 0 saturated carbocycles. The molecule has 3 aromatic carbocycles. The van der Waals surface area contributed by atoms with Crippen LogP contribution in [0.15, 0.2) is 66.2 Å². The van der Waals surface area contributed by atoms with E-state index in [0.29, 0.717) is 22.6 Å².